The number of hydrogen-bond acceptors (Lipinski definition) is 4. The first kappa shape index (κ1) is 17.6. The topological polar surface area (TPSA) is 81.5 Å². The number of nitrogen functional groups attached to an aromatic ring is 1. The third-order valence-corrected chi connectivity index (χ3v) is 5.12. The van der Waals surface area contributed by atoms with Crippen LogP contribution in [0.4, 0.5) is 0 Å². The largest absolute Gasteiger partial charge is 0.488 e. The van der Waals surface area contributed by atoms with Crippen LogP contribution in [0.1, 0.15) is 36.1 Å². The zero-order valence-corrected chi connectivity index (χ0v) is 15.4. The fraction of sp³-hybridized carbons (Fsp3) is 0.318. The Morgan fingerprint density at radius 1 is 1.26 bits per heavy atom. The van der Waals surface area contributed by atoms with Crippen molar-refractivity contribution in [1.29, 1.82) is 5.41 Å². The molecular formula is C22H24N2O3. The smallest absolute Gasteiger partial charge is 0.124 e. The van der Waals surface area contributed by atoms with Gasteiger partial charge in [-0.05, 0) is 29.7 Å². The highest BCUT2D eigenvalue weighted by molar-refractivity contribution is 5.99. The second-order valence-corrected chi connectivity index (χ2v) is 7.15. The molecule has 0 radical (unpaired) electrons. The van der Waals surface area contributed by atoms with Gasteiger partial charge in [-0.1, -0.05) is 31.2 Å². The maximum absolute atomic E-state index is 7.56. The van der Waals surface area contributed by atoms with E-state index in [-0.39, 0.29) is 11.9 Å². The maximum atomic E-state index is 7.56. The minimum atomic E-state index is 0.0690. The molecule has 1 aliphatic heterocycles. The van der Waals surface area contributed by atoms with Crippen LogP contribution in [0.5, 0.6) is 5.75 Å². The number of nitrogens with two attached hydrogens (primary N) is 1. The molecule has 1 fully saturated rings. The van der Waals surface area contributed by atoms with Crippen molar-refractivity contribution >= 4 is 16.6 Å². The SMILES string of the molecule is CC(Cc1occ2cc(C(=N)N)ccc12)c1ccc(OC2CCOC2)cc1. The highest BCUT2D eigenvalue weighted by Gasteiger charge is 2.18. The Bertz CT molecular complexity index is 940. The van der Waals surface area contributed by atoms with Gasteiger partial charge in [-0.3, -0.25) is 5.41 Å². The molecule has 5 heteroatoms. The summed E-state index contributed by atoms with van der Waals surface area (Å²) in [5, 5.41) is 9.62. The van der Waals surface area contributed by atoms with Crippen molar-refractivity contribution in [3.63, 3.8) is 0 Å². The summed E-state index contributed by atoms with van der Waals surface area (Å²) in [4.78, 5) is 0. The number of fused-ring (bicyclic) bond motifs is 1. The van der Waals surface area contributed by atoms with Crippen LogP contribution in [-0.2, 0) is 11.2 Å². The van der Waals surface area contributed by atoms with Gasteiger partial charge >= 0.3 is 0 Å². The standard InChI is InChI=1S/C22H24N2O3/c1-14(15-2-5-18(6-3-15)27-19-8-9-25-13-19)10-21-20-7-4-16(22(23)24)11-17(20)12-26-21/h2-7,11-12,14,19H,8-10,13H2,1H3,(H3,23,24). The average molecular weight is 364 g/mol. The number of furan rings is 1. The van der Waals surface area contributed by atoms with Gasteiger partial charge in [0.1, 0.15) is 23.4 Å². The number of hydrogen-bond donors (Lipinski definition) is 2. The minimum absolute atomic E-state index is 0.0690. The molecule has 2 aromatic carbocycles. The quantitative estimate of drug-likeness (QED) is 0.506. The van der Waals surface area contributed by atoms with Crippen LogP contribution < -0.4 is 10.5 Å². The number of benzene rings is 2. The van der Waals surface area contributed by atoms with Gasteiger partial charge < -0.3 is 19.6 Å². The summed E-state index contributed by atoms with van der Waals surface area (Å²) in [7, 11) is 0. The van der Waals surface area contributed by atoms with Crippen LogP contribution in [0.25, 0.3) is 10.8 Å². The molecule has 27 heavy (non-hydrogen) atoms. The van der Waals surface area contributed by atoms with Gasteiger partial charge in [-0.15, -0.1) is 0 Å². The van der Waals surface area contributed by atoms with E-state index in [4.69, 9.17) is 25.0 Å². The third-order valence-electron chi connectivity index (χ3n) is 5.12. The van der Waals surface area contributed by atoms with Crippen molar-refractivity contribution < 1.29 is 13.9 Å². The van der Waals surface area contributed by atoms with Crippen LogP contribution in [-0.4, -0.2) is 25.2 Å². The second-order valence-electron chi connectivity index (χ2n) is 7.15. The van der Waals surface area contributed by atoms with Gasteiger partial charge in [0.2, 0.25) is 0 Å². The van der Waals surface area contributed by atoms with Gasteiger partial charge in [0.05, 0.1) is 19.5 Å². The molecule has 4 rings (SSSR count). The number of nitrogens with one attached hydrogen (secondary N) is 1. The number of ether oxygens (including phenoxy) is 2. The summed E-state index contributed by atoms with van der Waals surface area (Å²) < 4.78 is 17.1. The lowest BCUT2D eigenvalue weighted by Crippen LogP contribution is -2.15. The summed E-state index contributed by atoms with van der Waals surface area (Å²) in [5.74, 6) is 2.23. The molecule has 2 unspecified atom stereocenters. The normalized spacial score (nSPS) is 17.9. The lowest BCUT2D eigenvalue weighted by molar-refractivity contribution is 0.141. The molecule has 2 atom stereocenters. The molecule has 2 heterocycles. The molecule has 3 N–H and O–H groups in total. The van der Waals surface area contributed by atoms with Gasteiger partial charge in [0.25, 0.3) is 0 Å². The highest BCUT2D eigenvalue weighted by atomic mass is 16.5. The summed E-state index contributed by atoms with van der Waals surface area (Å²) in [6, 6.07) is 14.1. The lowest BCUT2D eigenvalue weighted by atomic mass is 9.95. The van der Waals surface area contributed by atoms with Gasteiger partial charge in [0, 0.05) is 29.2 Å². The van der Waals surface area contributed by atoms with E-state index < -0.39 is 0 Å². The number of rotatable bonds is 6. The zero-order chi connectivity index (χ0) is 18.8. The summed E-state index contributed by atoms with van der Waals surface area (Å²) in [5.41, 5.74) is 7.53. The van der Waals surface area contributed by atoms with Crippen LogP contribution in [0, 0.1) is 5.41 Å². The Balaban J connectivity index is 1.46. The Morgan fingerprint density at radius 3 is 2.78 bits per heavy atom. The third kappa shape index (κ3) is 3.83. The lowest BCUT2D eigenvalue weighted by Gasteiger charge is -2.14. The van der Waals surface area contributed by atoms with E-state index in [0.29, 0.717) is 18.1 Å². The first-order valence-electron chi connectivity index (χ1n) is 9.29. The monoisotopic (exact) mass is 364 g/mol. The van der Waals surface area contributed by atoms with Crippen LogP contribution >= 0.6 is 0 Å². The van der Waals surface area contributed by atoms with E-state index in [0.717, 1.165) is 41.7 Å². The molecule has 1 aromatic heterocycles. The Hall–Kier alpha value is -2.79. The molecule has 1 aliphatic rings. The molecule has 0 bridgehead atoms. The van der Waals surface area contributed by atoms with Crippen LogP contribution in [0.15, 0.2) is 53.1 Å². The summed E-state index contributed by atoms with van der Waals surface area (Å²) >= 11 is 0. The summed E-state index contributed by atoms with van der Waals surface area (Å²) in [6.07, 6.45) is 3.67. The van der Waals surface area contributed by atoms with Crippen LogP contribution in [0.3, 0.4) is 0 Å². The van der Waals surface area contributed by atoms with Crippen molar-refractivity contribution in [2.24, 2.45) is 5.73 Å². The average Bonchev–Trinajstić information content (AvgIpc) is 3.32. The van der Waals surface area contributed by atoms with Crippen molar-refractivity contribution in [3.8, 4) is 5.75 Å². The molecule has 5 nitrogen and oxygen atoms in total. The Kier molecular flexibility index (Phi) is 4.86. The fourth-order valence-corrected chi connectivity index (χ4v) is 3.51. The predicted molar refractivity (Wildman–Crippen MR) is 106 cm³/mol. The van der Waals surface area contributed by atoms with Crippen molar-refractivity contribution in [2.45, 2.75) is 31.8 Å². The number of amidine groups is 1. The predicted octanol–water partition coefficient (Wildman–Crippen LogP) is 4.23. The van der Waals surface area contributed by atoms with Gasteiger partial charge in [-0.2, -0.15) is 0 Å². The molecule has 0 aliphatic carbocycles. The van der Waals surface area contributed by atoms with Crippen LogP contribution in [0.2, 0.25) is 0 Å². The zero-order valence-electron chi connectivity index (χ0n) is 15.4. The van der Waals surface area contributed by atoms with Crippen molar-refractivity contribution in [3.05, 3.63) is 65.6 Å². The maximum Gasteiger partial charge on any atom is 0.124 e. The molecule has 0 amide bonds. The first-order chi connectivity index (χ1) is 13.1. The first-order valence-corrected chi connectivity index (χ1v) is 9.29. The molecule has 0 spiro atoms. The van der Waals surface area contributed by atoms with Crippen molar-refractivity contribution in [2.75, 3.05) is 13.2 Å². The molecule has 3 aromatic rings. The minimum Gasteiger partial charge on any atom is -0.488 e. The van der Waals surface area contributed by atoms with E-state index in [1.807, 2.05) is 30.3 Å². The van der Waals surface area contributed by atoms with E-state index in [9.17, 15) is 0 Å². The van der Waals surface area contributed by atoms with E-state index >= 15 is 0 Å². The fourth-order valence-electron chi connectivity index (χ4n) is 3.51. The van der Waals surface area contributed by atoms with E-state index in [1.54, 1.807) is 6.26 Å². The van der Waals surface area contributed by atoms with Gasteiger partial charge in [0.15, 0.2) is 0 Å². The second kappa shape index (κ2) is 7.45. The Labute approximate surface area is 158 Å². The van der Waals surface area contributed by atoms with E-state index in [1.165, 1.54) is 5.56 Å². The van der Waals surface area contributed by atoms with Crippen molar-refractivity contribution in [1.82, 2.24) is 0 Å². The molecule has 140 valence electrons. The highest BCUT2D eigenvalue weighted by Crippen LogP contribution is 2.29. The van der Waals surface area contributed by atoms with E-state index in [2.05, 4.69) is 19.1 Å². The molecule has 1 saturated heterocycles. The Morgan fingerprint density at radius 2 is 2.07 bits per heavy atom. The molecular weight excluding hydrogens is 340 g/mol. The van der Waals surface area contributed by atoms with Gasteiger partial charge in [-0.25, -0.2) is 0 Å². The molecule has 0 saturated carbocycles. The summed E-state index contributed by atoms with van der Waals surface area (Å²) in [6.45, 7) is 3.65.